The average molecular weight is 420 g/mol. The van der Waals surface area contributed by atoms with Gasteiger partial charge in [-0.15, -0.1) is 11.8 Å². The predicted octanol–water partition coefficient (Wildman–Crippen LogP) is 3.67. The lowest BCUT2D eigenvalue weighted by Gasteiger charge is -2.12. The van der Waals surface area contributed by atoms with E-state index < -0.39 is 4.92 Å². The van der Waals surface area contributed by atoms with Crippen LogP contribution in [-0.2, 0) is 10.5 Å². The van der Waals surface area contributed by atoms with Crippen LogP contribution in [0, 0.1) is 10.1 Å². The second-order valence-electron chi connectivity index (χ2n) is 5.98. The van der Waals surface area contributed by atoms with Crippen LogP contribution >= 0.6 is 11.8 Å². The van der Waals surface area contributed by atoms with Crippen molar-refractivity contribution in [2.24, 2.45) is 0 Å². The molecule has 0 aliphatic heterocycles. The number of para-hydroxylation sites is 1. The van der Waals surface area contributed by atoms with Gasteiger partial charge in [-0.05, 0) is 24.6 Å². The van der Waals surface area contributed by atoms with Crippen LogP contribution in [0.15, 0.2) is 41.3 Å². The van der Waals surface area contributed by atoms with Gasteiger partial charge in [0.25, 0.3) is 11.6 Å². The number of ether oxygens (including phenoxy) is 3. The van der Waals surface area contributed by atoms with Crippen LogP contribution < -0.4 is 14.8 Å². The summed E-state index contributed by atoms with van der Waals surface area (Å²) in [4.78, 5) is 23.7. The summed E-state index contributed by atoms with van der Waals surface area (Å²) in [7, 11) is 4.69. The molecule has 2 rings (SSSR count). The molecule has 0 aromatic heterocycles. The number of carbonyl (C=O) groups excluding carboxylic acids is 1. The number of nitrogens with one attached hydrogen (secondary N) is 1. The van der Waals surface area contributed by atoms with Gasteiger partial charge in [0.15, 0.2) is 11.5 Å². The normalized spacial score (nSPS) is 10.4. The molecule has 0 fully saturated rings. The number of nitrogens with zero attached hydrogens (tertiary/aromatic N) is 1. The second kappa shape index (κ2) is 11.3. The zero-order valence-electron chi connectivity index (χ0n) is 16.6. The molecule has 29 heavy (non-hydrogen) atoms. The van der Waals surface area contributed by atoms with E-state index >= 15 is 0 Å². The van der Waals surface area contributed by atoms with Gasteiger partial charge in [0.05, 0.1) is 24.0 Å². The number of nitro groups is 1. The summed E-state index contributed by atoms with van der Waals surface area (Å²) in [5.41, 5.74) is 0.991. The number of nitro benzene ring substituents is 1. The number of hydrogen-bond acceptors (Lipinski definition) is 7. The highest BCUT2D eigenvalue weighted by Crippen LogP contribution is 2.37. The van der Waals surface area contributed by atoms with Gasteiger partial charge in [-0.1, -0.05) is 12.1 Å². The first-order valence-corrected chi connectivity index (χ1v) is 9.88. The van der Waals surface area contributed by atoms with Crippen molar-refractivity contribution in [3.8, 4) is 11.5 Å². The molecular weight excluding hydrogens is 396 g/mol. The van der Waals surface area contributed by atoms with E-state index in [-0.39, 0.29) is 17.2 Å². The molecule has 0 radical (unpaired) electrons. The van der Waals surface area contributed by atoms with Gasteiger partial charge in [0, 0.05) is 43.2 Å². The fourth-order valence-corrected chi connectivity index (χ4v) is 3.65. The minimum atomic E-state index is -0.479. The monoisotopic (exact) mass is 420 g/mol. The van der Waals surface area contributed by atoms with E-state index in [1.165, 1.54) is 17.8 Å². The number of thioether (sulfide) groups is 1. The molecule has 156 valence electrons. The maximum atomic E-state index is 12.2. The minimum Gasteiger partial charge on any atom is -0.493 e. The predicted molar refractivity (Wildman–Crippen MR) is 111 cm³/mol. The van der Waals surface area contributed by atoms with Gasteiger partial charge < -0.3 is 19.5 Å². The lowest BCUT2D eigenvalue weighted by Crippen LogP contribution is -2.25. The number of methoxy groups -OCH3 is 3. The number of carbonyl (C=O) groups is 1. The zero-order chi connectivity index (χ0) is 21.2. The van der Waals surface area contributed by atoms with E-state index in [0.717, 1.165) is 5.56 Å². The van der Waals surface area contributed by atoms with Crippen LogP contribution in [-0.4, -0.2) is 45.3 Å². The van der Waals surface area contributed by atoms with Gasteiger partial charge in [0.2, 0.25) is 0 Å². The molecule has 2 aromatic carbocycles. The SMILES string of the molecule is COCCCNC(=O)c1ccc(SCc2cccc(OC)c2OC)c([N+](=O)[O-])c1. The van der Waals surface area contributed by atoms with E-state index in [1.54, 1.807) is 39.5 Å². The molecule has 0 atom stereocenters. The van der Waals surface area contributed by atoms with Crippen molar-refractivity contribution in [2.45, 2.75) is 17.1 Å². The fourth-order valence-electron chi connectivity index (χ4n) is 2.67. The smallest absolute Gasteiger partial charge is 0.283 e. The molecular formula is C20H24N2O6S. The Hall–Kier alpha value is -2.78. The van der Waals surface area contributed by atoms with Gasteiger partial charge in [0.1, 0.15) is 0 Å². The lowest BCUT2D eigenvalue weighted by atomic mass is 10.2. The molecule has 0 unspecified atom stereocenters. The number of rotatable bonds is 11. The third-order valence-corrected chi connectivity index (χ3v) is 5.21. The standard InChI is InChI=1S/C20H24N2O6S/c1-26-11-5-10-21-20(23)14-8-9-18(16(12-14)22(24)25)29-13-15-6-4-7-17(27-2)19(15)28-3/h4,6-9,12H,5,10-11,13H2,1-3H3,(H,21,23). The molecule has 0 spiro atoms. The lowest BCUT2D eigenvalue weighted by molar-refractivity contribution is -0.387. The van der Waals surface area contributed by atoms with Crippen molar-refractivity contribution < 1.29 is 23.9 Å². The first kappa shape index (κ1) is 22.5. The van der Waals surface area contributed by atoms with Crippen LogP contribution in [0.5, 0.6) is 11.5 Å². The van der Waals surface area contributed by atoms with Crippen molar-refractivity contribution in [3.63, 3.8) is 0 Å². The van der Waals surface area contributed by atoms with Gasteiger partial charge in [-0.3, -0.25) is 14.9 Å². The van der Waals surface area contributed by atoms with Crippen molar-refractivity contribution in [1.82, 2.24) is 5.32 Å². The topological polar surface area (TPSA) is 99.9 Å². The third kappa shape index (κ3) is 6.10. The molecule has 1 amide bonds. The van der Waals surface area contributed by atoms with Crippen LogP contribution in [0.3, 0.4) is 0 Å². The average Bonchev–Trinajstić information content (AvgIpc) is 2.74. The minimum absolute atomic E-state index is 0.110. The first-order chi connectivity index (χ1) is 14.0. The molecule has 9 heteroatoms. The van der Waals surface area contributed by atoms with E-state index in [4.69, 9.17) is 14.2 Å². The van der Waals surface area contributed by atoms with Crippen LogP contribution in [0.4, 0.5) is 5.69 Å². The Labute approximate surface area is 173 Å². The van der Waals surface area contributed by atoms with Crippen molar-refractivity contribution in [3.05, 3.63) is 57.6 Å². The van der Waals surface area contributed by atoms with Crippen molar-refractivity contribution in [1.29, 1.82) is 0 Å². The van der Waals surface area contributed by atoms with Crippen molar-refractivity contribution >= 4 is 23.4 Å². The van der Waals surface area contributed by atoms with Gasteiger partial charge >= 0.3 is 0 Å². The molecule has 1 N–H and O–H groups in total. The third-order valence-electron chi connectivity index (χ3n) is 4.10. The summed E-state index contributed by atoms with van der Waals surface area (Å²) in [6.07, 6.45) is 0.667. The van der Waals surface area contributed by atoms with E-state index in [2.05, 4.69) is 5.32 Å². The fraction of sp³-hybridized carbons (Fsp3) is 0.350. The molecule has 8 nitrogen and oxygen atoms in total. The van der Waals surface area contributed by atoms with Gasteiger partial charge in [-0.2, -0.15) is 0 Å². The molecule has 0 saturated heterocycles. The highest BCUT2D eigenvalue weighted by atomic mass is 32.2. The second-order valence-corrected chi connectivity index (χ2v) is 7.00. The van der Waals surface area contributed by atoms with Crippen LogP contribution in [0.25, 0.3) is 0 Å². The van der Waals surface area contributed by atoms with Crippen molar-refractivity contribution in [2.75, 3.05) is 34.5 Å². The largest absolute Gasteiger partial charge is 0.493 e. The summed E-state index contributed by atoms with van der Waals surface area (Å²) < 4.78 is 15.6. The summed E-state index contributed by atoms with van der Waals surface area (Å²) in [6.45, 7) is 0.969. The highest BCUT2D eigenvalue weighted by molar-refractivity contribution is 7.98. The maximum Gasteiger partial charge on any atom is 0.283 e. The summed E-state index contributed by atoms with van der Waals surface area (Å²) in [5, 5.41) is 14.3. The highest BCUT2D eigenvalue weighted by Gasteiger charge is 2.19. The van der Waals surface area contributed by atoms with Crippen LogP contribution in [0.1, 0.15) is 22.3 Å². The zero-order valence-corrected chi connectivity index (χ0v) is 17.4. The summed E-state index contributed by atoms with van der Waals surface area (Å²) >= 11 is 1.30. The Bertz CT molecular complexity index is 859. The Morgan fingerprint density at radius 3 is 2.62 bits per heavy atom. The molecule has 0 aliphatic rings. The van der Waals surface area contributed by atoms with Gasteiger partial charge in [-0.25, -0.2) is 0 Å². The Kier molecular flexibility index (Phi) is 8.75. The van der Waals surface area contributed by atoms with E-state index in [1.807, 2.05) is 12.1 Å². The summed E-state index contributed by atoms with van der Waals surface area (Å²) in [6, 6.07) is 9.99. The Morgan fingerprint density at radius 2 is 1.97 bits per heavy atom. The Balaban J connectivity index is 2.15. The van der Waals surface area contributed by atoms with E-state index in [0.29, 0.717) is 41.7 Å². The quantitative estimate of drug-likeness (QED) is 0.256. The first-order valence-electron chi connectivity index (χ1n) is 8.90. The molecule has 0 aliphatic carbocycles. The number of amides is 1. The molecule has 0 heterocycles. The maximum absolute atomic E-state index is 12.2. The van der Waals surface area contributed by atoms with Crippen LogP contribution in [0.2, 0.25) is 0 Å². The molecule has 0 saturated carbocycles. The Morgan fingerprint density at radius 1 is 1.17 bits per heavy atom. The van der Waals surface area contributed by atoms with E-state index in [9.17, 15) is 14.9 Å². The number of benzene rings is 2. The molecule has 0 bridgehead atoms. The summed E-state index contributed by atoms with van der Waals surface area (Å²) in [5.74, 6) is 1.29. The molecule has 2 aromatic rings. The number of hydrogen-bond donors (Lipinski definition) is 1.